The summed E-state index contributed by atoms with van der Waals surface area (Å²) in [5.74, 6) is -0.189. The Hall–Kier alpha value is -3.34. The highest BCUT2D eigenvalue weighted by molar-refractivity contribution is 6.02. The van der Waals surface area contributed by atoms with Gasteiger partial charge in [0.25, 0.3) is 5.91 Å². The predicted molar refractivity (Wildman–Crippen MR) is 127 cm³/mol. The lowest BCUT2D eigenvalue weighted by atomic mass is 9.95. The zero-order valence-electron chi connectivity index (χ0n) is 18.5. The highest BCUT2D eigenvalue weighted by Gasteiger charge is 2.40. The number of fused-ring (bicyclic) bond motifs is 2. The van der Waals surface area contributed by atoms with Crippen LogP contribution in [0, 0.1) is 6.92 Å². The van der Waals surface area contributed by atoms with Crippen molar-refractivity contribution in [3.05, 3.63) is 82.6 Å². The predicted octanol–water partition coefficient (Wildman–Crippen LogP) is 5.03. The molecule has 32 heavy (non-hydrogen) atoms. The Morgan fingerprint density at radius 1 is 1.12 bits per heavy atom. The number of hydrogen-bond donors (Lipinski definition) is 2. The fourth-order valence-electron chi connectivity index (χ4n) is 5.20. The van der Waals surface area contributed by atoms with E-state index >= 15 is 0 Å². The third-order valence-corrected chi connectivity index (χ3v) is 6.74. The molecule has 0 radical (unpaired) electrons. The molecule has 2 heterocycles. The summed E-state index contributed by atoms with van der Waals surface area (Å²) in [6, 6.07) is 15.6. The summed E-state index contributed by atoms with van der Waals surface area (Å²) >= 11 is 0. The Balaban J connectivity index is 1.40. The van der Waals surface area contributed by atoms with Gasteiger partial charge in [0.1, 0.15) is 6.54 Å². The van der Waals surface area contributed by atoms with Crippen molar-refractivity contribution < 1.29 is 9.59 Å². The molecule has 2 aliphatic rings. The van der Waals surface area contributed by atoms with E-state index in [0.29, 0.717) is 12.1 Å². The number of carbonyl (C=O) groups is 2. The maximum Gasteiger partial charge on any atom is 0.255 e. The second-order valence-electron chi connectivity index (χ2n) is 8.84. The van der Waals surface area contributed by atoms with E-state index in [1.54, 1.807) is 4.90 Å². The van der Waals surface area contributed by atoms with E-state index in [0.717, 1.165) is 47.0 Å². The number of nitrogens with one attached hydrogen (secondary N) is 2. The molecule has 1 atom stereocenters. The number of aryl methyl sites for hydroxylation is 1. The summed E-state index contributed by atoms with van der Waals surface area (Å²) in [6.45, 7) is 2.71. The number of carbonyl (C=O) groups excluding carboxylic acids is 2. The zero-order valence-corrected chi connectivity index (χ0v) is 18.5. The average molecular weight is 428 g/mol. The lowest BCUT2D eigenvalue weighted by molar-refractivity contribution is -0.122. The van der Waals surface area contributed by atoms with Gasteiger partial charge in [-0.3, -0.25) is 9.59 Å². The molecule has 2 aromatic carbocycles. The Morgan fingerprint density at radius 3 is 2.78 bits per heavy atom. The molecule has 0 saturated heterocycles. The van der Waals surface area contributed by atoms with Crippen molar-refractivity contribution in [2.45, 2.75) is 45.1 Å². The summed E-state index contributed by atoms with van der Waals surface area (Å²) in [5, 5.41) is 4.13. The van der Waals surface area contributed by atoms with E-state index in [9.17, 15) is 9.59 Å². The molecule has 0 fully saturated rings. The van der Waals surface area contributed by atoms with E-state index in [-0.39, 0.29) is 24.4 Å². The Labute approximate surface area is 188 Å². The van der Waals surface area contributed by atoms with Gasteiger partial charge in [-0.2, -0.15) is 0 Å². The summed E-state index contributed by atoms with van der Waals surface area (Å²) < 4.78 is 0. The first-order valence-electron chi connectivity index (χ1n) is 11.5. The van der Waals surface area contributed by atoms with Gasteiger partial charge in [-0.25, -0.2) is 0 Å². The van der Waals surface area contributed by atoms with Gasteiger partial charge in [0.15, 0.2) is 0 Å². The van der Waals surface area contributed by atoms with Crippen LogP contribution in [0.2, 0.25) is 0 Å². The highest BCUT2D eigenvalue weighted by atomic mass is 16.2. The number of hydrogen-bond acceptors (Lipinski definition) is 2. The number of amides is 2. The monoisotopic (exact) mass is 427 g/mol. The minimum atomic E-state index is -0.276. The van der Waals surface area contributed by atoms with E-state index in [1.807, 2.05) is 49.4 Å². The van der Waals surface area contributed by atoms with E-state index in [4.69, 9.17) is 0 Å². The summed E-state index contributed by atoms with van der Waals surface area (Å²) in [4.78, 5) is 31.4. The van der Waals surface area contributed by atoms with Gasteiger partial charge in [0.05, 0.1) is 6.04 Å². The molecule has 2 amide bonds. The molecule has 0 bridgehead atoms. The number of nitrogens with zero attached hydrogens (tertiary/aromatic N) is 1. The summed E-state index contributed by atoms with van der Waals surface area (Å²) in [6.07, 6.45) is 8.00. The van der Waals surface area contributed by atoms with Crippen molar-refractivity contribution in [1.29, 1.82) is 0 Å². The van der Waals surface area contributed by atoms with Gasteiger partial charge in [-0.15, -0.1) is 0 Å². The fourth-order valence-corrected chi connectivity index (χ4v) is 5.20. The lowest BCUT2D eigenvalue weighted by Gasteiger charge is -2.26. The van der Waals surface area contributed by atoms with Crippen LogP contribution in [0.3, 0.4) is 0 Å². The van der Waals surface area contributed by atoms with Crippen molar-refractivity contribution in [2.75, 3.05) is 13.1 Å². The second kappa shape index (κ2) is 8.65. The molecule has 1 aliphatic heterocycles. The molecule has 0 spiro atoms. The molecule has 164 valence electrons. The number of rotatable bonds is 6. The molecular weight excluding hydrogens is 398 g/mol. The van der Waals surface area contributed by atoms with Gasteiger partial charge < -0.3 is 15.2 Å². The summed E-state index contributed by atoms with van der Waals surface area (Å²) in [7, 11) is 0. The van der Waals surface area contributed by atoms with Crippen molar-refractivity contribution in [1.82, 2.24) is 15.2 Å². The standard InChI is InChI=1S/C27H29N3O2/c1-18-25(22-13-7-8-14-23(22)29-18)26-20-11-5-6-12-21(20)27(32)30(26)17-24(31)28-16-15-19-9-3-2-4-10-19/h5-9,11-14,26,29H,2-4,10,15-17H2,1H3,(H,28,31)/t26-/m0/s1. The Bertz CT molecular complexity index is 1210. The molecule has 0 unspecified atom stereocenters. The first-order valence-corrected chi connectivity index (χ1v) is 11.5. The molecule has 5 heteroatoms. The third-order valence-electron chi connectivity index (χ3n) is 6.74. The minimum absolute atomic E-state index is 0.0518. The zero-order chi connectivity index (χ0) is 22.1. The molecule has 0 saturated carbocycles. The maximum absolute atomic E-state index is 13.3. The van der Waals surface area contributed by atoms with E-state index < -0.39 is 0 Å². The van der Waals surface area contributed by atoms with Crippen LogP contribution in [0.5, 0.6) is 0 Å². The van der Waals surface area contributed by atoms with Crippen molar-refractivity contribution in [3.63, 3.8) is 0 Å². The molecule has 1 aliphatic carbocycles. The van der Waals surface area contributed by atoms with E-state index in [1.165, 1.54) is 18.4 Å². The van der Waals surface area contributed by atoms with Crippen LogP contribution in [0.25, 0.3) is 10.9 Å². The molecule has 5 nitrogen and oxygen atoms in total. The molecule has 1 aromatic heterocycles. The van der Waals surface area contributed by atoms with Gasteiger partial charge in [-0.1, -0.05) is 48.0 Å². The van der Waals surface area contributed by atoms with Crippen molar-refractivity contribution >= 4 is 22.7 Å². The topological polar surface area (TPSA) is 65.2 Å². The van der Waals surface area contributed by atoms with Crippen LogP contribution in [0.4, 0.5) is 0 Å². The molecule has 3 aromatic rings. The Kier molecular flexibility index (Phi) is 5.56. The van der Waals surface area contributed by atoms with Crippen molar-refractivity contribution in [3.8, 4) is 0 Å². The highest BCUT2D eigenvalue weighted by Crippen LogP contribution is 2.42. The first kappa shape index (κ1) is 20.6. The largest absolute Gasteiger partial charge is 0.358 e. The first-order chi connectivity index (χ1) is 15.6. The number of para-hydroxylation sites is 1. The second-order valence-corrected chi connectivity index (χ2v) is 8.84. The SMILES string of the molecule is Cc1[nH]c2ccccc2c1[C@@H]1c2ccccc2C(=O)N1CC(=O)NCCC1=CCCCC1. The quantitative estimate of drug-likeness (QED) is 0.542. The molecule has 5 rings (SSSR count). The van der Waals surface area contributed by atoms with Crippen LogP contribution >= 0.6 is 0 Å². The van der Waals surface area contributed by atoms with Crippen LogP contribution in [0.1, 0.15) is 65.3 Å². The number of H-pyrrole nitrogens is 1. The smallest absolute Gasteiger partial charge is 0.255 e. The van der Waals surface area contributed by atoms with Gasteiger partial charge in [0.2, 0.25) is 5.91 Å². The fraction of sp³-hybridized carbons (Fsp3) is 0.333. The number of allylic oxidation sites excluding steroid dienone is 1. The van der Waals surface area contributed by atoms with Crippen LogP contribution in [0.15, 0.2) is 60.2 Å². The van der Waals surface area contributed by atoms with Crippen LogP contribution < -0.4 is 5.32 Å². The third kappa shape index (κ3) is 3.72. The normalized spacial score (nSPS) is 18.0. The summed E-state index contributed by atoms with van der Waals surface area (Å²) in [5.41, 5.74) is 6.22. The molecule has 2 N–H and O–H groups in total. The van der Waals surface area contributed by atoms with E-state index in [2.05, 4.69) is 22.4 Å². The number of aromatic amines is 1. The molecular formula is C27H29N3O2. The minimum Gasteiger partial charge on any atom is -0.358 e. The maximum atomic E-state index is 13.3. The number of benzene rings is 2. The van der Waals surface area contributed by atoms with Crippen molar-refractivity contribution in [2.24, 2.45) is 0 Å². The number of aromatic nitrogens is 1. The van der Waals surface area contributed by atoms with Crippen LogP contribution in [-0.4, -0.2) is 34.8 Å². The average Bonchev–Trinajstić information content (AvgIpc) is 3.28. The Morgan fingerprint density at radius 2 is 1.94 bits per heavy atom. The lowest BCUT2D eigenvalue weighted by Crippen LogP contribution is -2.40. The van der Waals surface area contributed by atoms with Gasteiger partial charge >= 0.3 is 0 Å². The van der Waals surface area contributed by atoms with Gasteiger partial charge in [0, 0.05) is 34.3 Å². The van der Waals surface area contributed by atoms with Gasteiger partial charge in [-0.05, 0) is 56.7 Å². The van der Waals surface area contributed by atoms with Crippen LogP contribution in [-0.2, 0) is 4.79 Å².